The van der Waals surface area contributed by atoms with Crippen LogP contribution in [0, 0.1) is 10.1 Å². The third-order valence-electron chi connectivity index (χ3n) is 9.28. The van der Waals surface area contributed by atoms with Gasteiger partial charge in [0.25, 0.3) is 0 Å². The van der Waals surface area contributed by atoms with Crippen molar-refractivity contribution in [2.45, 2.75) is 13.2 Å². The molecule has 0 atom stereocenters. The van der Waals surface area contributed by atoms with E-state index in [0.29, 0.717) is 18.2 Å². The van der Waals surface area contributed by atoms with Crippen LogP contribution in [0.5, 0.6) is 11.5 Å². The number of hydrogen-bond acceptors (Lipinski definition) is 17. The van der Waals surface area contributed by atoms with Crippen LogP contribution in [0.3, 0.4) is 0 Å². The minimum absolute atomic E-state index is 0.138. The average Bonchev–Trinajstić information content (AvgIpc) is 3.93. The molecule has 0 bridgehead atoms. The number of aromatic nitrogens is 6. The van der Waals surface area contributed by atoms with E-state index >= 15 is 0 Å². The molecular formula is C38H42N12O4S2. The Balaban J connectivity index is 0.000000172. The molecule has 8 rings (SSSR count). The molecule has 18 heteroatoms. The molecule has 0 saturated carbocycles. The minimum Gasteiger partial charge on any atom is -0.485 e. The first kappa shape index (κ1) is 38.5. The van der Waals surface area contributed by atoms with Gasteiger partial charge in [0.2, 0.25) is 5.75 Å². The van der Waals surface area contributed by atoms with Crippen LogP contribution in [0.1, 0.15) is 11.1 Å². The summed E-state index contributed by atoms with van der Waals surface area (Å²) in [5, 5.41) is 13.4. The van der Waals surface area contributed by atoms with Crippen molar-refractivity contribution in [1.82, 2.24) is 39.7 Å². The second-order valence-corrected chi connectivity index (χ2v) is 15.3. The number of thiazole rings is 2. The molecule has 0 aromatic carbocycles. The Hall–Kier alpha value is -5.82. The number of nitrogens with two attached hydrogens (primary N) is 1. The van der Waals surface area contributed by atoms with Gasteiger partial charge in [0.1, 0.15) is 19.4 Å². The van der Waals surface area contributed by atoms with Crippen LogP contribution in [0.15, 0.2) is 86.0 Å². The molecule has 2 aliphatic rings. The summed E-state index contributed by atoms with van der Waals surface area (Å²) in [7, 11) is 4.26. The van der Waals surface area contributed by atoms with Gasteiger partial charge in [-0.1, -0.05) is 22.7 Å². The molecule has 2 aliphatic heterocycles. The first-order valence-electron chi connectivity index (χ1n) is 18.0. The number of nitrogen functional groups attached to an aromatic ring is 1. The van der Waals surface area contributed by atoms with Gasteiger partial charge in [0, 0.05) is 113 Å². The summed E-state index contributed by atoms with van der Waals surface area (Å²) in [6.45, 7) is 8.62. The summed E-state index contributed by atoms with van der Waals surface area (Å²) in [6, 6.07) is 11.0. The van der Waals surface area contributed by atoms with Gasteiger partial charge in [-0.15, -0.1) is 0 Å². The molecule has 0 aliphatic carbocycles. The maximum absolute atomic E-state index is 11.4. The highest BCUT2D eigenvalue weighted by Crippen LogP contribution is 2.36. The highest BCUT2D eigenvalue weighted by Gasteiger charge is 2.22. The van der Waals surface area contributed by atoms with E-state index in [4.69, 9.17) is 15.2 Å². The summed E-state index contributed by atoms with van der Waals surface area (Å²) in [6.07, 6.45) is 13.8. The van der Waals surface area contributed by atoms with E-state index in [1.807, 2.05) is 24.4 Å². The maximum atomic E-state index is 11.4. The molecular weight excluding hydrogens is 753 g/mol. The highest BCUT2D eigenvalue weighted by molar-refractivity contribution is 7.19. The van der Waals surface area contributed by atoms with Crippen molar-refractivity contribution in [3.8, 4) is 32.4 Å². The Kier molecular flexibility index (Phi) is 12.5. The zero-order valence-corrected chi connectivity index (χ0v) is 32.7. The summed E-state index contributed by atoms with van der Waals surface area (Å²) in [5.74, 6) is 0.806. The predicted molar refractivity (Wildman–Crippen MR) is 218 cm³/mol. The van der Waals surface area contributed by atoms with Crippen LogP contribution in [0.2, 0.25) is 0 Å². The van der Waals surface area contributed by atoms with Gasteiger partial charge in [-0.3, -0.25) is 9.97 Å². The predicted octanol–water partition coefficient (Wildman–Crippen LogP) is 5.35. The Bertz CT molecular complexity index is 2190. The number of likely N-dealkylation sites (N-methyl/N-ethyl adjacent to an activating group) is 2. The number of nitro groups is 1. The van der Waals surface area contributed by atoms with E-state index in [1.165, 1.54) is 6.20 Å². The van der Waals surface area contributed by atoms with Crippen LogP contribution < -0.4 is 25.0 Å². The van der Waals surface area contributed by atoms with Crippen molar-refractivity contribution in [2.75, 3.05) is 82.0 Å². The first-order chi connectivity index (χ1) is 27.3. The van der Waals surface area contributed by atoms with Crippen molar-refractivity contribution < 1.29 is 14.4 Å². The van der Waals surface area contributed by atoms with Crippen molar-refractivity contribution >= 4 is 44.6 Å². The normalized spacial score (nSPS) is 14.9. The van der Waals surface area contributed by atoms with E-state index in [0.717, 1.165) is 94.6 Å². The molecule has 0 amide bonds. The average molecular weight is 795 g/mol. The number of anilines is 3. The lowest BCUT2D eigenvalue weighted by Gasteiger charge is -2.32. The van der Waals surface area contributed by atoms with Crippen molar-refractivity contribution in [2.24, 2.45) is 0 Å². The largest absolute Gasteiger partial charge is 0.485 e. The van der Waals surface area contributed by atoms with E-state index in [-0.39, 0.29) is 18.2 Å². The number of piperazine rings is 2. The molecule has 2 saturated heterocycles. The van der Waals surface area contributed by atoms with Crippen molar-refractivity contribution in [1.29, 1.82) is 0 Å². The lowest BCUT2D eigenvalue weighted by atomic mass is 10.2. The quantitative estimate of drug-likeness (QED) is 0.131. The second kappa shape index (κ2) is 18.2. The Morgan fingerprint density at radius 1 is 0.661 bits per heavy atom. The molecule has 0 radical (unpaired) electrons. The first-order valence-corrected chi connectivity index (χ1v) is 19.6. The second-order valence-electron chi connectivity index (χ2n) is 13.3. The molecule has 2 fully saturated rings. The highest BCUT2D eigenvalue weighted by atomic mass is 32.1. The Morgan fingerprint density at radius 2 is 1.11 bits per heavy atom. The van der Waals surface area contributed by atoms with Gasteiger partial charge < -0.3 is 44.9 Å². The van der Waals surface area contributed by atoms with E-state index in [1.54, 1.807) is 78.1 Å². The fourth-order valence-corrected chi connectivity index (χ4v) is 7.78. The smallest absolute Gasteiger partial charge is 0.406 e. The molecule has 6 aromatic heterocycles. The molecule has 16 nitrogen and oxygen atoms in total. The summed E-state index contributed by atoms with van der Waals surface area (Å²) >= 11 is 3.23. The zero-order valence-electron chi connectivity index (χ0n) is 31.1. The number of hydrogen-bond donors (Lipinski definition) is 1. The van der Waals surface area contributed by atoms with Gasteiger partial charge in [-0.05, 0) is 65.5 Å². The van der Waals surface area contributed by atoms with Crippen molar-refractivity contribution in [3.05, 3.63) is 107 Å². The third kappa shape index (κ3) is 9.88. The Labute approximate surface area is 332 Å². The molecule has 2 N–H and O–H groups in total. The Morgan fingerprint density at radius 3 is 1.59 bits per heavy atom. The standard InChI is InChI=1S/C19H20N6O3S.C19H22N6OS/c1-23-6-8-24(9-7-23)19-22-12-17(29-19)15-10-16(18(21-11-15)25(26)27)28-13-14-2-4-20-5-3-14;1-24-6-8-25(9-7-24)19-23-12-17(27-19)15-10-16(18(20)22-11-15)26-13-14-2-4-21-5-3-14/h2-5,10-12H,6-9,13H2,1H3;2-5,10-12H,6-9,13H2,1H3,(H2,20,22). The summed E-state index contributed by atoms with van der Waals surface area (Å²) < 4.78 is 11.6. The molecule has 6 aromatic rings. The van der Waals surface area contributed by atoms with Crippen LogP contribution in [0.25, 0.3) is 20.9 Å². The number of ether oxygens (including phenoxy) is 2. The molecule has 8 heterocycles. The third-order valence-corrected chi connectivity index (χ3v) is 11.5. The molecule has 56 heavy (non-hydrogen) atoms. The topological polar surface area (TPSA) is 178 Å². The molecule has 0 spiro atoms. The lowest BCUT2D eigenvalue weighted by Crippen LogP contribution is -2.44. The fourth-order valence-electron chi connectivity index (χ4n) is 5.89. The van der Waals surface area contributed by atoms with Gasteiger partial charge in [-0.2, -0.15) is 0 Å². The molecule has 290 valence electrons. The number of pyridine rings is 4. The monoisotopic (exact) mass is 794 g/mol. The van der Waals surface area contributed by atoms with Gasteiger partial charge in [0.15, 0.2) is 21.8 Å². The fraction of sp³-hybridized carbons (Fsp3) is 0.316. The summed E-state index contributed by atoms with van der Waals surface area (Å²) in [4.78, 5) is 47.4. The number of nitrogens with zero attached hydrogens (tertiary/aromatic N) is 11. The van der Waals surface area contributed by atoms with Gasteiger partial charge in [0.05, 0.1) is 9.75 Å². The summed E-state index contributed by atoms with van der Waals surface area (Å²) in [5.41, 5.74) is 9.61. The lowest BCUT2D eigenvalue weighted by molar-refractivity contribution is -0.390. The van der Waals surface area contributed by atoms with Crippen LogP contribution in [-0.4, -0.2) is 111 Å². The van der Waals surface area contributed by atoms with E-state index in [2.05, 4.69) is 63.6 Å². The van der Waals surface area contributed by atoms with Gasteiger partial charge >= 0.3 is 5.82 Å². The SMILES string of the molecule is CN1CCN(c2ncc(-c3cnc(N)c(OCc4ccncc4)c3)s2)CC1.CN1CCN(c2ncc(-c3cnc([N+](=O)[O-])c(OCc4ccncc4)c3)s2)CC1. The van der Waals surface area contributed by atoms with Crippen molar-refractivity contribution in [3.63, 3.8) is 0 Å². The van der Waals surface area contributed by atoms with E-state index in [9.17, 15) is 10.1 Å². The maximum Gasteiger partial charge on any atom is 0.406 e. The van der Waals surface area contributed by atoms with Crippen LogP contribution >= 0.6 is 22.7 Å². The van der Waals surface area contributed by atoms with Gasteiger partial charge in [-0.25, -0.2) is 15.0 Å². The van der Waals surface area contributed by atoms with Crippen LogP contribution in [0.4, 0.5) is 21.9 Å². The van der Waals surface area contributed by atoms with E-state index < -0.39 is 4.92 Å². The minimum atomic E-state index is -0.534. The zero-order chi connectivity index (χ0) is 38.9. The molecule has 0 unspecified atom stereocenters. The number of rotatable bonds is 11. The van der Waals surface area contributed by atoms with Crippen LogP contribution in [-0.2, 0) is 13.2 Å².